The van der Waals surface area contributed by atoms with Crippen LogP contribution < -0.4 is 15.2 Å². The second-order valence-corrected chi connectivity index (χ2v) is 5.96. The summed E-state index contributed by atoms with van der Waals surface area (Å²) in [6, 6.07) is 5.69. The molecule has 0 spiro atoms. The number of amides is 1. The van der Waals surface area contributed by atoms with Crippen LogP contribution in [0.15, 0.2) is 18.2 Å². The number of sulfonamides is 1. The summed E-state index contributed by atoms with van der Waals surface area (Å²) in [5.41, 5.74) is 1.88. The number of aryl methyl sites for hydroxylation is 2. The van der Waals surface area contributed by atoms with Crippen LogP contribution in [0.4, 0.5) is 0 Å². The average Bonchev–Trinajstić information content (AvgIpc) is 2.26. The lowest BCUT2D eigenvalue weighted by Crippen LogP contribution is -2.34. The van der Waals surface area contributed by atoms with Crippen LogP contribution in [0.2, 0.25) is 0 Å². The van der Waals surface area contributed by atoms with Crippen molar-refractivity contribution in [2.24, 2.45) is 5.14 Å². The van der Waals surface area contributed by atoms with Gasteiger partial charge in [0.15, 0.2) is 6.61 Å². The third kappa shape index (κ3) is 5.71. The molecular weight excluding hydrogens is 268 g/mol. The summed E-state index contributed by atoms with van der Waals surface area (Å²) in [5.74, 6) is -0.00214. The fourth-order valence-electron chi connectivity index (χ4n) is 1.55. The molecule has 0 aromatic heterocycles. The minimum absolute atomic E-state index is 0.0201. The topological polar surface area (TPSA) is 98.5 Å². The Balaban J connectivity index is 2.42. The fraction of sp³-hybridized carbons (Fsp3) is 0.417. The van der Waals surface area contributed by atoms with Gasteiger partial charge in [0.25, 0.3) is 5.91 Å². The van der Waals surface area contributed by atoms with Crippen LogP contribution in [0.5, 0.6) is 5.75 Å². The lowest BCUT2D eigenvalue weighted by atomic mass is 10.1. The first-order valence-corrected chi connectivity index (χ1v) is 7.47. The number of ether oxygens (including phenoxy) is 1. The zero-order chi connectivity index (χ0) is 14.5. The lowest BCUT2D eigenvalue weighted by molar-refractivity contribution is -0.122. The number of rotatable bonds is 6. The van der Waals surface area contributed by atoms with Crippen LogP contribution >= 0.6 is 0 Å². The van der Waals surface area contributed by atoms with Gasteiger partial charge in [-0.05, 0) is 25.0 Å². The molecule has 3 N–H and O–H groups in total. The molecule has 6 nitrogen and oxygen atoms in total. The number of primary sulfonamides is 1. The highest BCUT2D eigenvalue weighted by molar-refractivity contribution is 7.89. The summed E-state index contributed by atoms with van der Waals surface area (Å²) >= 11 is 0. The van der Waals surface area contributed by atoms with Gasteiger partial charge in [-0.15, -0.1) is 0 Å². The van der Waals surface area contributed by atoms with Crippen molar-refractivity contribution >= 4 is 15.9 Å². The van der Waals surface area contributed by atoms with E-state index < -0.39 is 10.0 Å². The van der Waals surface area contributed by atoms with E-state index in [4.69, 9.17) is 9.88 Å². The van der Waals surface area contributed by atoms with Crippen molar-refractivity contribution in [1.82, 2.24) is 5.32 Å². The molecule has 0 aliphatic carbocycles. The predicted octanol–water partition coefficient (Wildman–Crippen LogP) is 0.0869. The number of hydrogen-bond acceptors (Lipinski definition) is 4. The van der Waals surface area contributed by atoms with Gasteiger partial charge in [0, 0.05) is 6.54 Å². The summed E-state index contributed by atoms with van der Waals surface area (Å²) in [4.78, 5) is 11.5. The highest BCUT2D eigenvalue weighted by Crippen LogP contribution is 2.21. The molecule has 0 unspecified atom stereocenters. The van der Waals surface area contributed by atoms with Gasteiger partial charge < -0.3 is 10.1 Å². The van der Waals surface area contributed by atoms with E-state index >= 15 is 0 Å². The van der Waals surface area contributed by atoms with Crippen LogP contribution in [0.3, 0.4) is 0 Å². The molecular formula is C12H18N2O4S. The molecule has 0 atom stereocenters. The molecule has 0 heterocycles. The van der Waals surface area contributed by atoms with Crippen LogP contribution in [0, 0.1) is 13.8 Å². The normalized spacial score (nSPS) is 11.1. The molecule has 106 valence electrons. The van der Waals surface area contributed by atoms with Crippen molar-refractivity contribution < 1.29 is 17.9 Å². The van der Waals surface area contributed by atoms with E-state index in [1.165, 1.54) is 0 Å². The third-order valence-electron chi connectivity index (χ3n) is 2.47. The molecule has 0 aliphatic rings. The van der Waals surface area contributed by atoms with Gasteiger partial charge in [-0.2, -0.15) is 0 Å². The molecule has 0 saturated carbocycles. The van der Waals surface area contributed by atoms with E-state index in [9.17, 15) is 13.2 Å². The van der Waals surface area contributed by atoms with E-state index in [2.05, 4.69) is 5.32 Å². The van der Waals surface area contributed by atoms with Gasteiger partial charge >= 0.3 is 0 Å². The van der Waals surface area contributed by atoms with Crippen molar-refractivity contribution in [3.8, 4) is 5.75 Å². The highest BCUT2D eigenvalue weighted by Gasteiger charge is 2.08. The van der Waals surface area contributed by atoms with Crippen molar-refractivity contribution in [3.63, 3.8) is 0 Å². The second kappa shape index (κ2) is 6.53. The molecule has 0 aliphatic heterocycles. The molecule has 1 rings (SSSR count). The van der Waals surface area contributed by atoms with Crippen molar-refractivity contribution in [1.29, 1.82) is 0 Å². The van der Waals surface area contributed by atoms with E-state index in [-0.39, 0.29) is 24.8 Å². The number of nitrogens with two attached hydrogens (primary N) is 1. The molecule has 1 aromatic carbocycles. The Morgan fingerprint density at radius 1 is 1.32 bits per heavy atom. The monoisotopic (exact) mass is 286 g/mol. The fourth-order valence-corrected chi connectivity index (χ4v) is 1.93. The molecule has 1 aromatic rings. The van der Waals surface area contributed by atoms with Crippen LogP contribution in [0.1, 0.15) is 11.1 Å². The maximum Gasteiger partial charge on any atom is 0.257 e. The quantitative estimate of drug-likeness (QED) is 0.774. The van der Waals surface area contributed by atoms with Gasteiger partial charge in [-0.1, -0.05) is 18.2 Å². The van der Waals surface area contributed by atoms with Gasteiger partial charge in [-0.3, -0.25) is 4.79 Å². The molecule has 0 saturated heterocycles. The van der Waals surface area contributed by atoms with E-state index in [1.807, 2.05) is 32.0 Å². The smallest absolute Gasteiger partial charge is 0.257 e. The summed E-state index contributed by atoms with van der Waals surface area (Å²) in [5, 5.41) is 7.24. The molecule has 0 radical (unpaired) electrons. The molecule has 0 bridgehead atoms. The van der Waals surface area contributed by atoms with E-state index in [1.54, 1.807) is 0 Å². The predicted molar refractivity (Wildman–Crippen MR) is 72.4 cm³/mol. The number of carbonyl (C=O) groups is 1. The summed E-state index contributed by atoms with van der Waals surface area (Å²) in [7, 11) is -3.56. The number of nitrogens with one attached hydrogen (secondary N) is 1. The first-order valence-electron chi connectivity index (χ1n) is 5.76. The first-order chi connectivity index (χ1) is 8.79. The number of para-hydroxylation sites is 1. The standard InChI is InChI=1S/C12H18N2O4S/c1-9-4-3-5-10(2)12(9)18-8-11(15)14-6-7-19(13,16)17/h3-5H,6-8H2,1-2H3,(H,14,15)(H2,13,16,17). The Labute approximate surface area is 113 Å². The van der Waals surface area contributed by atoms with Crippen molar-refractivity contribution in [3.05, 3.63) is 29.3 Å². The third-order valence-corrected chi connectivity index (χ3v) is 3.24. The zero-order valence-electron chi connectivity index (χ0n) is 11.0. The minimum Gasteiger partial charge on any atom is -0.483 e. The number of benzene rings is 1. The van der Waals surface area contributed by atoms with Crippen LogP contribution in [-0.4, -0.2) is 33.2 Å². The number of hydrogen-bond donors (Lipinski definition) is 2. The van der Waals surface area contributed by atoms with Crippen LogP contribution in [0.25, 0.3) is 0 Å². The summed E-state index contributed by atoms with van der Waals surface area (Å²) < 4.78 is 26.8. The van der Waals surface area contributed by atoms with E-state index in [0.29, 0.717) is 5.75 Å². The van der Waals surface area contributed by atoms with Crippen molar-refractivity contribution in [2.75, 3.05) is 18.9 Å². The van der Waals surface area contributed by atoms with Gasteiger partial charge in [0.05, 0.1) is 5.75 Å². The molecule has 7 heteroatoms. The Kier molecular flexibility index (Phi) is 5.31. The Bertz CT molecular complexity index is 535. The summed E-state index contributed by atoms with van der Waals surface area (Å²) in [6.07, 6.45) is 0. The van der Waals surface area contributed by atoms with E-state index in [0.717, 1.165) is 11.1 Å². The highest BCUT2D eigenvalue weighted by atomic mass is 32.2. The maximum atomic E-state index is 11.5. The Morgan fingerprint density at radius 3 is 2.42 bits per heavy atom. The SMILES string of the molecule is Cc1cccc(C)c1OCC(=O)NCCS(N)(=O)=O. The van der Waals surface area contributed by atoms with Gasteiger partial charge in [0.1, 0.15) is 5.75 Å². The summed E-state index contributed by atoms with van der Waals surface area (Å²) in [6.45, 7) is 3.60. The Hall–Kier alpha value is -1.60. The first kappa shape index (κ1) is 15.5. The van der Waals surface area contributed by atoms with Crippen LogP contribution in [-0.2, 0) is 14.8 Å². The average molecular weight is 286 g/mol. The lowest BCUT2D eigenvalue weighted by Gasteiger charge is -2.11. The Morgan fingerprint density at radius 2 is 1.89 bits per heavy atom. The molecule has 1 amide bonds. The van der Waals surface area contributed by atoms with Gasteiger partial charge in [-0.25, -0.2) is 13.6 Å². The number of carbonyl (C=O) groups excluding carboxylic acids is 1. The molecule has 19 heavy (non-hydrogen) atoms. The van der Waals surface area contributed by atoms with Crippen molar-refractivity contribution in [2.45, 2.75) is 13.8 Å². The molecule has 0 fully saturated rings. The second-order valence-electron chi connectivity index (χ2n) is 4.23. The maximum absolute atomic E-state index is 11.5. The zero-order valence-corrected chi connectivity index (χ0v) is 11.8. The largest absolute Gasteiger partial charge is 0.483 e. The minimum atomic E-state index is -3.56. The van der Waals surface area contributed by atoms with Gasteiger partial charge in [0.2, 0.25) is 10.0 Å².